The minimum Gasteiger partial charge on any atom is -0.353 e. The van der Waals surface area contributed by atoms with Gasteiger partial charge >= 0.3 is 0 Å². The van der Waals surface area contributed by atoms with Crippen LogP contribution in [0.1, 0.15) is 38.6 Å². The van der Waals surface area contributed by atoms with Crippen molar-refractivity contribution in [3.8, 4) is 0 Å². The highest BCUT2D eigenvalue weighted by atomic mass is 35.5. The third-order valence-corrected chi connectivity index (χ3v) is 3.77. The topological polar surface area (TPSA) is 32.3 Å². The van der Waals surface area contributed by atoms with Gasteiger partial charge in [0.05, 0.1) is 0 Å². The molecule has 0 bridgehead atoms. The molecule has 0 aromatic heterocycles. The van der Waals surface area contributed by atoms with Gasteiger partial charge in [0.2, 0.25) is 5.91 Å². The molecule has 1 atom stereocenters. The highest BCUT2D eigenvalue weighted by Crippen LogP contribution is 2.19. The number of carbonyl (C=O) groups is 1. The van der Waals surface area contributed by atoms with Crippen molar-refractivity contribution in [1.82, 2.24) is 10.2 Å². The molecule has 1 unspecified atom stereocenters. The number of carbonyl (C=O) groups excluding carboxylic acids is 1. The van der Waals surface area contributed by atoms with Gasteiger partial charge in [-0.2, -0.15) is 0 Å². The van der Waals surface area contributed by atoms with E-state index in [-0.39, 0.29) is 5.91 Å². The quantitative estimate of drug-likeness (QED) is 0.784. The number of rotatable bonds is 7. The van der Waals surface area contributed by atoms with Gasteiger partial charge in [-0.15, -0.1) is 11.6 Å². The fourth-order valence-corrected chi connectivity index (χ4v) is 2.51. The van der Waals surface area contributed by atoms with Crippen LogP contribution in [0.15, 0.2) is 30.3 Å². The highest BCUT2D eigenvalue weighted by Gasteiger charge is 2.18. The Bertz CT molecular complexity index is 398. The van der Waals surface area contributed by atoms with Crippen molar-refractivity contribution in [2.45, 2.75) is 45.2 Å². The maximum atomic E-state index is 12.0. The molecule has 1 N–H and O–H groups in total. The Kier molecular flexibility index (Phi) is 7.03. The molecule has 0 aliphatic heterocycles. The second kappa shape index (κ2) is 8.28. The van der Waals surface area contributed by atoms with Crippen LogP contribution in [0.5, 0.6) is 0 Å². The van der Waals surface area contributed by atoms with Gasteiger partial charge in [0, 0.05) is 25.2 Å². The Morgan fingerprint density at radius 1 is 1.15 bits per heavy atom. The smallest absolute Gasteiger partial charge is 0.242 e. The number of hydrogen-bond acceptors (Lipinski definition) is 2. The number of alkyl halides is 1. The minimum atomic E-state index is -0.622. The fraction of sp³-hybridized carbons (Fsp3) is 0.562. The van der Waals surface area contributed by atoms with Gasteiger partial charge in [-0.25, -0.2) is 0 Å². The summed E-state index contributed by atoms with van der Waals surface area (Å²) in [6.07, 6.45) is 0. The molecule has 1 amide bonds. The molecule has 112 valence electrons. The molecule has 0 heterocycles. The van der Waals surface area contributed by atoms with E-state index in [0.29, 0.717) is 18.6 Å². The van der Waals surface area contributed by atoms with E-state index in [1.54, 1.807) is 0 Å². The molecule has 4 heteroatoms. The molecule has 0 saturated heterocycles. The maximum absolute atomic E-state index is 12.0. The van der Waals surface area contributed by atoms with E-state index in [4.69, 9.17) is 11.6 Å². The summed E-state index contributed by atoms with van der Waals surface area (Å²) in [5.74, 6) is -0.134. The van der Waals surface area contributed by atoms with E-state index in [9.17, 15) is 4.79 Å². The van der Waals surface area contributed by atoms with Gasteiger partial charge in [0.1, 0.15) is 5.38 Å². The van der Waals surface area contributed by atoms with Crippen molar-refractivity contribution in [3.63, 3.8) is 0 Å². The minimum absolute atomic E-state index is 0.134. The summed E-state index contributed by atoms with van der Waals surface area (Å²) in [6, 6.07) is 10.3. The van der Waals surface area contributed by atoms with Gasteiger partial charge in [-0.1, -0.05) is 30.3 Å². The van der Waals surface area contributed by atoms with E-state index in [0.717, 1.165) is 12.1 Å². The van der Waals surface area contributed by atoms with Crippen LogP contribution in [0.25, 0.3) is 0 Å². The third kappa shape index (κ3) is 5.14. The summed E-state index contributed by atoms with van der Waals surface area (Å²) < 4.78 is 0. The SMILES string of the molecule is CC(C)N(CCNC(=O)C(Cl)c1ccccc1)C(C)C. The molecular weight excluding hydrogens is 272 g/mol. The van der Waals surface area contributed by atoms with Crippen molar-refractivity contribution in [1.29, 1.82) is 0 Å². The Labute approximate surface area is 127 Å². The predicted molar refractivity (Wildman–Crippen MR) is 85.0 cm³/mol. The Hall–Kier alpha value is -1.06. The lowest BCUT2D eigenvalue weighted by Gasteiger charge is -2.30. The number of halogens is 1. The van der Waals surface area contributed by atoms with Crippen LogP contribution in [-0.4, -0.2) is 36.0 Å². The number of benzene rings is 1. The lowest BCUT2D eigenvalue weighted by molar-refractivity contribution is -0.120. The lowest BCUT2D eigenvalue weighted by Crippen LogP contribution is -2.42. The average Bonchev–Trinajstić information content (AvgIpc) is 2.42. The van der Waals surface area contributed by atoms with E-state index >= 15 is 0 Å². The first-order chi connectivity index (χ1) is 9.43. The molecule has 0 fully saturated rings. The van der Waals surface area contributed by atoms with Gasteiger partial charge < -0.3 is 5.32 Å². The summed E-state index contributed by atoms with van der Waals surface area (Å²) in [6.45, 7) is 10.1. The molecule has 0 spiro atoms. The Morgan fingerprint density at radius 3 is 2.20 bits per heavy atom. The van der Waals surface area contributed by atoms with Crippen LogP contribution in [0, 0.1) is 0 Å². The second-order valence-electron chi connectivity index (χ2n) is 5.49. The fourth-order valence-electron chi connectivity index (χ4n) is 2.28. The summed E-state index contributed by atoms with van der Waals surface area (Å²) >= 11 is 6.17. The molecule has 0 aliphatic carbocycles. The maximum Gasteiger partial charge on any atom is 0.242 e. The third-order valence-electron chi connectivity index (χ3n) is 3.32. The zero-order valence-electron chi connectivity index (χ0n) is 12.8. The van der Waals surface area contributed by atoms with E-state index in [1.165, 1.54) is 0 Å². The zero-order valence-corrected chi connectivity index (χ0v) is 13.5. The molecule has 20 heavy (non-hydrogen) atoms. The predicted octanol–water partition coefficient (Wildman–Crippen LogP) is 3.20. The zero-order chi connectivity index (χ0) is 15.1. The first kappa shape index (κ1) is 17.0. The number of nitrogens with zero attached hydrogens (tertiary/aromatic N) is 1. The van der Waals surface area contributed by atoms with Crippen molar-refractivity contribution in [2.24, 2.45) is 0 Å². The van der Waals surface area contributed by atoms with Crippen molar-refractivity contribution >= 4 is 17.5 Å². The molecule has 1 aromatic carbocycles. The first-order valence-corrected chi connectivity index (χ1v) is 7.59. The van der Waals surface area contributed by atoms with Crippen LogP contribution in [0.2, 0.25) is 0 Å². The van der Waals surface area contributed by atoms with Crippen molar-refractivity contribution in [3.05, 3.63) is 35.9 Å². The molecule has 0 radical (unpaired) electrons. The normalized spacial score (nSPS) is 13.0. The Balaban J connectivity index is 2.44. The molecule has 1 rings (SSSR count). The van der Waals surface area contributed by atoms with Gasteiger partial charge in [-0.05, 0) is 33.3 Å². The van der Waals surface area contributed by atoms with Gasteiger partial charge in [0.25, 0.3) is 0 Å². The summed E-state index contributed by atoms with van der Waals surface area (Å²) in [4.78, 5) is 14.3. The van der Waals surface area contributed by atoms with Crippen LogP contribution < -0.4 is 5.32 Å². The van der Waals surface area contributed by atoms with Gasteiger partial charge in [-0.3, -0.25) is 9.69 Å². The lowest BCUT2D eigenvalue weighted by atomic mass is 10.1. The van der Waals surface area contributed by atoms with Crippen molar-refractivity contribution in [2.75, 3.05) is 13.1 Å². The van der Waals surface area contributed by atoms with Gasteiger partial charge in [0.15, 0.2) is 0 Å². The monoisotopic (exact) mass is 296 g/mol. The Morgan fingerprint density at radius 2 is 1.70 bits per heavy atom. The van der Waals surface area contributed by atoms with Crippen LogP contribution >= 0.6 is 11.6 Å². The average molecular weight is 297 g/mol. The molecular formula is C16H25ClN2O. The summed E-state index contributed by atoms with van der Waals surface area (Å²) in [5, 5.41) is 2.29. The standard InChI is InChI=1S/C16H25ClN2O/c1-12(2)19(13(3)4)11-10-18-16(20)15(17)14-8-6-5-7-9-14/h5-9,12-13,15H,10-11H2,1-4H3,(H,18,20). The number of amides is 1. The summed E-state index contributed by atoms with van der Waals surface area (Å²) in [7, 11) is 0. The van der Waals surface area contributed by atoms with Crippen LogP contribution in [0.4, 0.5) is 0 Å². The van der Waals surface area contributed by atoms with E-state index in [1.807, 2.05) is 30.3 Å². The van der Waals surface area contributed by atoms with Crippen LogP contribution in [-0.2, 0) is 4.79 Å². The molecule has 0 aliphatic rings. The second-order valence-corrected chi connectivity index (χ2v) is 5.93. The number of hydrogen-bond donors (Lipinski definition) is 1. The van der Waals surface area contributed by atoms with Crippen molar-refractivity contribution < 1.29 is 4.79 Å². The first-order valence-electron chi connectivity index (χ1n) is 7.16. The molecule has 3 nitrogen and oxygen atoms in total. The highest BCUT2D eigenvalue weighted by molar-refractivity contribution is 6.30. The number of nitrogens with one attached hydrogen (secondary N) is 1. The van der Waals surface area contributed by atoms with E-state index in [2.05, 4.69) is 37.9 Å². The van der Waals surface area contributed by atoms with Crippen LogP contribution in [0.3, 0.4) is 0 Å². The van der Waals surface area contributed by atoms with E-state index < -0.39 is 5.38 Å². The largest absolute Gasteiger partial charge is 0.353 e. The summed E-state index contributed by atoms with van der Waals surface area (Å²) in [5.41, 5.74) is 0.830. The molecule has 0 saturated carbocycles. The molecule has 1 aromatic rings.